The van der Waals surface area contributed by atoms with Crippen LogP contribution in [0.1, 0.15) is 18.4 Å². The van der Waals surface area contributed by atoms with E-state index in [0.717, 1.165) is 47.9 Å². The number of aromatic nitrogens is 2. The van der Waals surface area contributed by atoms with Crippen molar-refractivity contribution in [1.82, 2.24) is 15.3 Å². The second-order valence-corrected chi connectivity index (χ2v) is 7.70. The molecule has 1 aromatic carbocycles. The average molecular weight is 396 g/mol. The molecule has 7 heteroatoms. The van der Waals surface area contributed by atoms with Crippen molar-refractivity contribution < 1.29 is 9.18 Å². The zero-order valence-electron chi connectivity index (χ0n) is 15.3. The predicted molar refractivity (Wildman–Crippen MR) is 109 cm³/mol. The summed E-state index contributed by atoms with van der Waals surface area (Å²) in [6.07, 6.45) is 5.11. The van der Waals surface area contributed by atoms with Crippen LogP contribution in [0.25, 0.3) is 11.3 Å². The number of carbonyl (C=O) groups is 1. The topological polar surface area (TPSA) is 58.1 Å². The molecule has 0 aliphatic carbocycles. The molecule has 1 aliphatic rings. The van der Waals surface area contributed by atoms with Crippen molar-refractivity contribution in [3.8, 4) is 11.3 Å². The lowest BCUT2D eigenvalue weighted by Crippen LogP contribution is -2.40. The van der Waals surface area contributed by atoms with Gasteiger partial charge in [0.2, 0.25) is 5.91 Å². The van der Waals surface area contributed by atoms with E-state index in [1.165, 1.54) is 12.1 Å². The first kappa shape index (κ1) is 18.6. The van der Waals surface area contributed by atoms with Crippen molar-refractivity contribution in [1.29, 1.82) is 0 Å². The zero-order valence-corrected chi connectivity index (χ0v) is 16.2. The Bertz CT molecular complexity index is 921. The first-order valence-electron chi connectivity index (χ1n) is 9.32. The maximum absolute atomic E-state index is 13.1. The van der Waals surface area contributed by atoms with Gasteiger partial charge in [0, 0.05) is 48.9 Å². The number of anilines is 1. The number of thiazole rings is 1. The van der Waals surface area contributed by atoms with E-state index in [0.29, 0.717) is 6.54 Å². The van der Waals surface area contributed by atoms with Gasteiger partial charge < -0.3 is 10.2 Å². The van der Waals surface area contributed by atoms with E-state index in [4.69, 9.17) is 4.98 Å². The fourth-order valence-corrected chi connectivity index (χ4v) is 4.22. The zero-order chi connectivity index (χ0) is 19.3. The molecule has 1 fully saturated rings. The Morgan fingerprint density at radius 1 is 1.21 bits per heavy atom. The number of pyridine rings is 1. The maximum atomic E-state index is 13.1. The summed E-state index contributed by atoms with van der Waals surface area (Å²) in [5, 5.41) is 5.96. The van der Waals surface area contributed by atoms with E-state index >= 15 is 0 Å². The molecule has 5 nitrogen and oxygen atoms in total. The maximum Gasteiger partial charge on any atom is 0.223 e. The highest BCUT2D eigenvalue weighted by Crippen LogP contribution is 2.30. The van der Waals surface area contributed by atoms with E-state index in [1.54, 1.807) is 35.9 Å². The van der Waals surface area contributed by atoms with Gasteiger partial charge in [0.25, 0.3) is 0 Å². The molecule has 0 spiro atoms. The highest BCUT2D eigenvalue weighted by molar-refractivity contribution is 7.14. The van der Waals surface area contributed by atoms with Crippen LogP contribution in [0.15, 0.2) is 54.2 Å². The second-order valence-electron chi connectivity index (χ2n) is 6.86. The molecule has 144 valence electrons. The highest BCUT2D eigenvalue weighted by atomic mass is 32.1. The molecule has 1 amide bonds. The van der Waals surface area contributed by atoms with Crippen LogP contribution < -0.4 is 10.2 Å². The second kappa shape index (κ2) is 8.48. The third kappa shape index (κ3) is 4.36. The Hall–Kier alpha value is -2.80. The Labute approximate surface area is 167 Å². The molecule has 2 aromatic heterocycles. The van der Waals surface area contributed by atoms with Gasteiger partial charge in [-0.05, 0) is 48.7 Å². The summed E-state index contributed by atoms with van der Waals surface area (Å²) >= 11 is 1.59. The van der Waals surface area contributed by atoms with Gasteiger partial charge in [0.05, 0.1) is 5.69 Å². The number of nitrogens with one attached hydrogen (secondary N) is 1. The molecule has 0 saturated carbocycles. The van der Waals surface area contributed by atoms with Gasteiger partial charge >= 0.3 is 0 Å². The Balaban J connectivity index is 1.30. The van der Waals surface area contributed by atoms with E-state index < -0.39 is 0 Å². The molecular weight excluding hydrogens is 375 g/mol. The number of carbonyl (C=O) groups excluding carboxylic acids is 1. The fraction of sp³-hybridized carbons (Fsp3) is 0.286. The molecule has 3 aromatic rings. The Kier molecular flexibility index (Phi) is 5.62. The number of halogens is 1. The first-order valence-corrected chi connectivity index (χ1v) is 10.2. The minimum absolute atomic E-state index is 0.0319. The van der Waals surface area contributed by atoms with Crippen LogP contribution in [-0.4, -0.2) is 29.0 Å². The van der Waals surface area contributed by atoms with Crippen molar-refractivity contribution in [2.45, 2.75) is 19.4 Å². The van der Waals surface area contributed by atoms with E-state index in [2.05, 4.69) is 15.2 Å². The van der Waals surface area contributed by atoms with Gasteiger partial charge in [-0.2, -0.15) is 0 Å². The molecule has 0 atom stereocenters. The number of hydrogen-bond acceptors (Lipinski definition) is 5. The predicted octanol–water partition coefficient (Wildman–Crippen LogP) is 3.88. The van der Waals surface area contributed by atoms with Gasteiger partial charge in [0.1, 0.15) is 5.82 Å². The van der Waals surface area contributed by atoms with Gasteiger partial charge in [-0.15, -0.1) is 11.3 Å². The smallest absolute Gasteiger partial charge is 0.223 e. The van der Waals surface area contributed by atoms with Gasteiger partial charge in [-0.3, -0.25) is 9.78 Å². The van der Waals surface area contributed by atoms with Gasteiger partial charge in [-0.25, -0.2) is 9.37 Å². The lowest BCUT2D eigenvalue weighted by atomic mass is 9.96. The van der Waals surface area contributed by atoms with Crippen molar-refractivity contribution >= 4 is 22.4 Å². The largest absolute Gasteiger partial charge is 0.352 e. The molecule has 1 N–H and O–H groups in total. The quantitative estimate of drug-likeness (QED) is 0.711. The lowest BCUT2D eigenvalue weighted by Gasteiger charge is -2.31. The van der Waals surface area contributed by atoms with Crippen molar-refractivity contribution in [3.05, 3.63) is 65.6 Å². The molecule has 0 bridgehead atoms. The number of piperidine rings is 1. The number of benzene rings is 1. The van der Waals surface area contributed by atoms with Crippen LogP contribution >= 0.6 is 11.3 Å². The summed E-state index contributed by atoms with van der Waals surface area (Å²) in [6.45, 7) is 2.13. The third-order valence-corrected chi connectivity index (χ3v) is 5.86. The third-order valence-electron chi connectivity index (χ3n) is 4.96. The molecule has 0 unspecified atom stereocenters. The Morgan fingerprint density at radius 3 is 2.71 bits per heavy atom. The summed E-state index contributed by atoms with van der Waals surface area (Å²) in [5.41, 5.74) is 2.77. The summed E-state index contributed by atoms with van der Waals surface area (Å²) in [6, 6.07) is 10.2. The van der Waals surface area contributed by atoms with Crippen LogP contribution in [0, 0.1) is 11.7 Å². The minimum atomic E-state index is -0.247. The standard InChI is InChI=1S/C21H21FN4OS/c22-18-5-3-16(4-6-18)19-14-28-21(25-19)26-10-7-17(8-11-26)20(27)24-13-15-2-1-9-23-12-15/h1-6,9,12,14,17H,7-8,10-11,13H2,(H,24,27). The normalized spacial score (nSPS) is 14.8. The summed E-state index contributed by atoms with van der Waals surface area (Å²) in [7, 11) is 0. The van der Waals surface area contributed by atoms with E-state index in [9.17, 15) is 9.18 Å². The van der Waals surface area contributed by atoms with Crippen molar-refractivity contribution in [2.24, 2.45) is 5.92 Å². The van der Waals surface area contributed by atoms with E-state index in [1.807, 2.05) is 17.5 Å². The number of nitrogens with zero attached hydrogens (tertiary/aromatic N) is 3. The van der Waals surface area contributed by atoms with Crippen LogP contribution in [0.3, 0.4) is 0 Å². The highest BCUT2D eigenvalue weighted by Gasteiger charge is 2.26. The molecule has 1 aliphatic heterocycles. The van der Waals surface area contributed by atoms with Crippen LogP contribution in [0.5, 0.6) is 0 Å². The van der Waals surface area contributed by atoms with Crippen molar-refractivity contribution in [3.63, 3.8) is 0 Å². The molecule has 4 rings (SSSR count). The molecule has 1 saturated heterocycles. The summed E-state index contributed by atoms with van der Waals surface area (Å²) < 4.78 is 13.1. The summed E-state index contributed by atoms with van der Waals surface area (Å²) in [5.74, 6) is -0.109. The Morgan fingerprint density at radius 2 is 2.00 bits per heavy atom. The van der Waals surface area contributed by atoms with Crippen LogP contribution in [0.2, 0.25) is 0 Å². The summed E-state index contributed by atoms with van der Waals surface area (Å²) in [4.78, 5) is 23.4. The number of amides is 1. The van der Waals surface area contributed by atoms with E-state index in [-0.39, 0.29) is 17.6 Å². The van der Waals surface area contributed by atoms with Crippen LogP contribution in [-0.2, 0) is 11.3 Å². The van der Waals surface area contributed by atoms with Gasteiger partial charge in [-0.1, -0.05) is 6.07 Å². The molecular formula is C21H21FN4OS. The minimum Gasteiger partial charge on any atom is -0.352 e. The lowest BCUT2D eigenvalue weighted by molar-refractivity contribution is -0.125. The van der Waals surface area contributed by atoms with Crippen LogP contribution in [0.4, 0.5) is 9.52 Å². The average Bonchev–Trinajstić information content (AvgIpc) is 3.24. The number of rotatable bonds is 5. The molecule has 28 heavy (non-hydrogen) atoms. The monoisotopic (exact) mass is 396 g/mol. The molecule has 0 radical (unpaired) electrons. The van der Waals surface area contributed by atoms with Crippen molar-refractivity contribution in [2.75, 3.05) is 18.0 Å². The first-order chi connectivity index (χ1) is 13.7. The molecule has 3 heterocycles. The van der Waals surface area contributed by atoms with Gasteiger partial charge in [0.15, 0.2) is 5.13 Å². The SMILES string of the molecule is O=C(NCc1cccnc1)C1CCN(c2nc(-c3ccc(F)cc3)cs2)CC1. The fourth-order valence-electron chi connectivity index (χ4n) is 3.33. The number of hydrogen-bond donors (Lipinski definition) is 1.